The molecule has 0 nitrogen and oxygen atoms in total. The lowest BCUT2D eigenvalue weighted by molar-refractivity contribution is 1.01. The minimum Gasteiger partial charge on any atom is -0.130 e. The number of benzene rings is 2. The molecule has 0 spiro atoms. The van der Waals surface area contributed by atoms with Crippen LogP contribution in [0.15, 0.2) is 66.2 Å². The minimum atomic E-state index is -1.51. The summed E-state index contributed by atoms with van der Waals surface area (Å²) >= 11 is 0. The van der Waals surface area contributed by atoms with Crippen LogP contribution in [0.1, 0.15) is 11.1 Å². The number of hydrogen-bond donors (Lipinski definition) is 0. The smallest absolute Gasteiger partial charge is 0.129 e. The van der Waals surface area contributed by atoms with Gasteiger partial charge in [0.1, 0.15) is 21.6 Å². The summed E-state index contributed by atoms with van der Waals surface area (Å²) in [6.45, 7) is 13.8. The van der Waals surface area contributed by atoms with Crippen molar-refractivity contribution in [1.29, 1.82) is 0 Å². The van der Waals surface area contributed by atoms with Crippen molar-refractivity contribution < 1.29 is 0 Å². The second-order valence-corrected chi connectivity index (χ2v) is 18.7. The van der Waals surface area contributed by atoms with Crippen molar-refractivity contribution in [3.63, 3.8) is 0 Å². The Balaban J connectivity index is 2.22. The second kappa shape index (κ2) is 7.04. The number of allylic oxidation sites excluding steroid dienone is 2. The first kappa shape index (κ1) is 19.5. The molecule has 1 unspecified atom stereocenters. The van der Waals surface area contributed by atoms with Crippen LogP contribution in [0, 0.1) is 22.9 Å². The van der Waals surface area contributed by atoms with Crippen LogP contribution in [0.2, 0.25) is 39.3 Å². The highest BCUT2D eigenvalue weighted by atomic mass is 28.3. The molecule has 0 aliphatic heterocycles. The van der Waals surface area contributed by atoms with Gasteiger partial charge in [-0.25, -0.2) is 0 Å². The van der Waals surface area contributed by atoms with Gasteiger partial charge in [0.25, 0.3) is 0 Å². The van der Waals surface area contributed by atoms with Crippen LogP contribution in [0.5, 0.6) is 0 Å². The summed E-state index contributed by atoms with van der Waals surface area (Å²) in [7, 11) is -2.98. The molecule has 0 bridgehead atoms. The Morgan fingerprint density at radius 1 is 0.667 bits per heavy atom. The fraction of sp³-hybridized carbons (Fsp3) is 0.280. The van der Waals surface area contributed by atoms with Crippen LogP contribution in [-0.2, 0) is 5.41 Å². The second-order valence-electron chi connectivity index (χ2n) is 9.23. The topological polar surface area (TPSA) is 0 Å². The van der Waals surface area contributed by atoms with E-state index in [-0.39, 0.29) is 5.41 Å². The van der Waals surface area contributed by atoms with Gasteiger partial charge in [0, 0.05) is 11.1 Å². The first-order valence-electron chi connectivity index (χ1n) is 9.57. The van der Waals surface area contributed by atoms with Crippen LogP contribution in [0.4, 0.5) is 0 Å². The molecule has 0 saturated heterocycles. The zero-order valence-electron chi connectivity index (χ0n) is 17.3. The molecule has 0 fully saturated rings. The average Bonchev–Trinajstić information content (AvgIpc) is 3.27. The van der Waals surface area contributed by atoms with E-state index in [1.807, 2.05) is 0 Å². The molecule has 0 aromatic heterocycles. The van der Waals surface area contributed by atoms with Gasteiger partial charge in [0.15, 0.2) is 0 Å². The van der Waals surface area contributed by atoms with E-state index >= 15 is 0 Å². The predicted molar refractivity (Wildman–Crippen MR) is 124 cm³/mol. The number of hydrogen-bond acceptors (Lipinski definition) is 0. The summed E-state index contributed by atoms with van der Waals surface area (Å²) in [4.78, 5) is 0. The van der Waals surface area contributed by atoms with E-state index in [2.05, 4.69) is 123 Å². The monoisotopic (exact) mass is 384 g/mol. The van der Waals surface area contributed by atoms with Gasteiger partial charge in [-0.1, -0.05) is 112 Å². The number of rotatable bonds is 2. The largest absolute Gasteiger partial charge is 0.130 e. The van der Waals surface area contributed by atoms with Crippen LogP contribution >= 0.6 is 0 Å². The highest BCUT2D eigenvalue weighted by Gasteiger charge is 2.54. The molecule has 3 rings (SSSR count). The lowest BCUT2D eigenvalue weighted by Crippen LogP contribution is -2.20. The molecule has 0 radical (unpaired) electrons. The van der Waals surface area contributed by atoms with E-state index in [0.717, 1.165) is 0 Å². The van der Waals surface area contributed by atoms with Gasteiger partial charge >= 0.3 is 0 Å². The third-order valence-electron chi connectivity index (χ3n) is 4.39. The molecule has 1 atom stereocenters. The summed E-state index contributed by atoms with van der Waals surface area (Å²) in [5, 5.41) is 0. The average molecular weight is 385 g/mol. The first-order valence-corrected chi connectivity index (χ1v) is 16.6. The van der Waals surface area contributed by atoms with Gasteiger partial charge in [0.05, 0.1) is 0 Å². The van der Waals surface area contributed by atoms with Crippen molar-refractivity contribution in [2.24, 2.45) is 0 Å². The SMILES string of the molecule is C[Si](C)(C)C#CC1=C(c2ccccc2)C1(C#C[Si](C)(C)C)c1ccccc1. The Hall–Kier alpha value is -2.27. The first-order chi connectivity index (χ1) is 12.6. The summed E-state index contributed by atoms with van der Waals surface area (Å²) < 4.78 is 0. The van der Waals surface area contributed by atoms with E-state index in [1.54, 1.807) is 0 Å². The highest BCUT2D eigenvalue weighted by Crippen LogP contribution is 2.59. The zero-order valence-corrected chi connectivity index (χ0v) is 19.3. The van der Waals surface area contributed by atoms with Crippen LogP contribution in [0.3, 0.4) is 0 Å². The maximum absolute atomic E-state index is 3.71. The molecule has 2 aromatic rings. The van der Waals surface area contributed by atoms with Gasteiger partial charge in [-0.3, -0.25) is 0 Å². The van der Waals surface area contributed by atoms with E-state index in [0.29, 0.717) is 0 Å². The lowest BCUT2D eigenvalue weighted by Gasteiger charge is -2.15. The Labute approximate surface area is 166 Å². The molecule has 27 heavy (non-hydrogen) atoms. The molecule has 136 valence electrons. The fourth-order valence-corrected chi connectivity index (χ4v) is 4.17. The van der Waals surface area contributed by atoms with Gasteiger partial charge in [-0.05, 0) is 11.1 Å². The van der Waals surface area contributed by atoms with Crippen LogP contribution in [-0.4, -0.2) is 16.1 Å². The van der Waals surface area contributed by atoms with Crippen molar-refractivity contribution >= 4 is 21.7 Å². The molecule has 2 heteroatoms. The molecular formula is C25H28Si2. The molecule has 0 heterocycles. The van der Waals surface area contributed by atoms with E-state index in [9.17, 15) is 0 Å². The summed E-state index contributed by atoms with van der Waals surface area (Å²) in [5.41, 5.74) is 11.9. The zero-order chi connectivity index (χ0) is 19.7. The maximum Gasteiger partial charge on any atom is 0.129 e. The highest BCUT2D eigenvalue weighted by molar-refractivity contribution is 6.84. The summed E-state index contributed by atoms with van der Waals surface area (Å²) in [5.74, 6) is 7.29. The Kier molecular flexibility index (Phi) is 5.08. The molecule has 0 saturated carbocycles. The predicted octanol–water partition coefficient (Wildman–Crippen LogP) is 6.15. The lowest BCUT2D eigenvalue weighted by atomic mass is 9.87. The van der Waals surface area contributed by atoms with Gasteiger partial charge in [-0.2, -0.15) is 0 Å². The normalized spacial score (nSPS) is 18.9. The van der Waals surface area contributed by atoms with E-state index < -0.39 is 16.1 Å². The quantitative estimate of drug-likeness (QED) is 0.430. The van der Waals surface area contributed by atoms with Gasteiger partial charge < -0.3 is 0 Å². The molecule has 2 aromatic carbocycles. The molecule has 1 aliphatic carbocycles. The Morgan fingerprint density at radius 3 is 1.70 bits per heavy atom. The van der Waals surface area contributed by atoms with E-state index in [1.165, 1.54) is 22.3 Å². The van der Waals surface area contributed by atoms with Gasteiger partial charge in [0.2, 0.25) is 0 Å². The minimum absolute atomic E-state index is 0.338. The molecule has 0 N–H and O–H groups in total. The van der Waals surface area contributed by atoms with Crippen LogP contribution in [0.25, 0.3) is 5.57 Å². The summed E-state index contributed by atoms with van der Waals surface area (Å²) in [6, 6.07) is 21.3. The Bertz CT molecular complexity index is 979. The Morgan fingerprint density at radius 2 is 1.19 bits per heavy atom. The third kappa shape index (κ3) is 4.36. The summed E-state index contributed by atoms with van der Waals surface area (Å²) in [6.07, 6.45) is 0. The maximum atomic E-state index is 3.71. The van der Waals surface area contributed by atoms with Crippen molar-refractivity contribution in [2.75, 3.05) is 0 Å². The molecular weight excluding hydrogens is 356 g/mol. The van der Waals surface area contributed by atoms with Crippen molar-refractivity contribution in [3.05, 3.63) is 77.4 Å². The van der Waals surface area contributed by atoms with E-state index in [4.69, 9.17) is 0 Å². The van der Waals surface area contributed by atoms with Crippen LogP contribution < -0.4 is 0 Å². The van der Waals surface area contributed by atoms with Gasteiger partial charge in [-0.15, -0.1) is 11.1 Å². The molecule has 1 aliphatic rings. The fourth-order valence-electron chi connectivity index (χ4n) is 3.11. The van der Waals surface area contributed by atoms with Crippen molar-refractivity contribution in [1.82, 2.24) is 0 Å². The van der Waals surface area contributed by atoms with Crippen molar-refractivity contribution in [2.45, 2.75) is 44.7 Å². The third-order valence-corrected chi connectivity index (χ3v) is 6.14. The molecule has 0 amide bonds. The standard InChI is InChI=1S/C25H28Si2/c1-26(2,3)19-17-23-24(21-13-9-7-10-14-21)25(23,18-20-27(4,5)6)22-15-11-8-12-16-22/h7-16H,1-6H3. The van der Waals surface area contributed by atoms with Crippen molar-refractivity contribution in [3.8, 4) is 22.9 Å².